The molecule has 0 aliphatic rings. The lowest BCUT2D eigenvalue weighted by atomic mass is 10.1. The molecular formula is C13H15FN2O2. The Labute approximate surface area is 105 Å². The maximum absolute atomic E-state index is 12.7. The molecule has 0 heterocycles. The van der Waals surface area contributed by atoms with Crippen LogP contribution in [0.1, 0.15) is 23.7 Å². The highest BCUT2D eigenvalue weighted by molar-refractivity contribution is 5.97. The van der Waals surface area contributed by atoms with Gasteiger partial charge in [-0.15, -0.1) is 6.58 Å². The van der Waals surface area contributed by atoms with Crippen LogP contribution in [0, 0.1) is 5.82 Å². The van der Waals surface area contributed by atoms with Crippen molar-refractivity contribution in [2.45, 2.75) is 19.4 Å². The molecule has 0 unspecified atom stereocenters. The zero-order valence-corrected chi connectivity index (χ0v) is 10.1. The smallest absolute Gasteiger partial charge is 0.251 e. The summed E-state index contributed by atoms with van der Waals surface area (Å²) in [5, 5.41) is 2.49. The van der Waals surface area contributed by atoms with Gasteiger partial charge < -0.3 is 11.1 Å². The number of hydrogen-bond donors (Lipinski definition) is 2. The van der Waals surface area contributed by atoms with E-state index in [1.54, 1.807) is 6.92 Å². The van der Waals surface area contributed by atoms with E-state index in [0.29, 0.717) is 0 Å². The quantitative estimate of drug-likeness (QED) is 0.775. The van der Waals surface area contributed by atoms with E-state index in [2.05, 4.69) is 11.9 Å². The van der Waals surface area contributed by atoms with Crippen LogP contribution in [0.15, 0.2) is 36.4 Å². The molecule has 1 rings (SSSR count). The summed E-state index contributed by atoms with van der Waals surface area (Å²) in [5.41, 5.74) is 6.18. The van der Waals surface area contributed by atoms with Crippen molar-refractivity contribution < 1.29 is 14.0 Å². The first-order chi connectivity index (χ1) is 8.40. The number of carbonyl (C=O) groups is 2. The first-order valence-electron chi connectivity index (χ1n) is 5.40. The van der Waals surface area contributed by atoms with E-state index in [1.807, 2.05) is 0 Å². The van der Waals surface area contributed by atoms with Gasteiger partial charge in [0.25, 0.3) is 5.91 Å². The summed E-state index contributed by atoms with van der Waals surface area (Å²) in [5.74, 6) is -1.53. The first kappa shape index (κ1) is 13.9. The zero-order valence-electron chi connectivity index (χ0n) is 10.1. The van der Waals surface area contributed by atoms with Crippen LogP contribution < -0.4 is 11.1 Å². The minimum Gasteiger partial charge on any atom is -0.368 e. The highest BCUT2D eigenvalue weighted by atomic mass is 19.1. The van der Waals surface area contributed by atoms with Gasteiger partial charge in [-0.1, -0.05) is 5.57 Å². The van der Waals surface area contributed by atoms with E-state index in [1.165, 1.54) is 24.3 Å². The SMILES string of the molecule is C=C(C)C[C@H](NC(=O)c1ccc(F)cc1)C(N)=O. The van der Waals surface area contributed by atoms with Crippen molar-refractivity contribution in [2.24, 2.45) is 5.73 Å². The van der Waals surface area contributed by atoms with Crippen LogP contribution in [0.25, 0.3) is 0 Å². The van der Waals surface area contributed by atoms with Crippen LogP contribution in [0.5, 0.6) is 0 Å². The van der Waals surface area contributed by atoms with Gasteiger partial charge >= 0.3 is 0 Å². The van der Waals surface area contributed by atoms with Crippen LogP contribution in [0.3, 0.4) is 0 Å². The molecule has 0 saturated carbocycles. The molecule has 2 amide bonds. The summed E-state index contributed by atoms with van der Waals surface area (Å²) in [6.07, 6.45) is 0.280. The monoisotopic (exact) mass is 250 g/mol. The van der Waals surface area contributed by atoms with Crippen LogP contribution in [0.4, 0.5) is 4.39 Å². The number of nitrogens with one attached hydrogen (secondary N) is 1. The number of nitrogens with two attached hydrogens (primary N) is 1. The van der Waals surface area contributed by atoms with Gasteiger partial charge in [0.1, 0.15) is 11.9 Å². The van der Waals surface area contributed by atoms with Gasteiger partial charge in [0.05, 0.1) is 0 Å². The Hall–Kier alpha value is -2.17. The van der Waals surface area contributed by atoms with Crippen LogP contribution in [-0.2, 0) is 4.79 Å². The summed E-state index contributed by atoms with van der Waals surface area (Å²) in [4.78, 5) is 22.9. The molecule has 0 aromatic heterocycles. The lowest BCUT2D eigenvalue weighted by Crippen LogP contribution is -2.44. The molecule has 3 N–H and O–H groups in total. The topological polar surface area (TPSA) is 72.2 Å². The standard InChI is InChI=1S/C13H15FN2O2/c1-8(2)7-11(12(15)17)16-13(18)9-3-5-10(14)6-4-9/h3-6,11H,1,7H2,2H3,(H2,15,17)(H,16,18)/t11-/m0/s1. The average Bonchev–Trinajstić information content (AvgIpc) is 2.28. The average molecular weight is 250 g/mol. The Balaban J connectivity index is 2.75. The van der Waals surface area contributed by atoms with Gasteiger partial charge in [0, 0.05) is 5.56 Å². The van der Waals surface area contributed by atoms with Crippen molar-refractivity contribution >= 4 is 11.8 Å². The molecule has 0 radical (unpaired) electrons. The zero-order chi connectivity index (χ0) is 13.7. The van der Waals surface area contributed by atoms with Gasteiger partial charge in [0.15, 0.2) is 0 Å². The molecule has 1 atom stereocenters. The summed E-state index contributed by atoms with van der Waals surface area (Å²) < 4.78 is 12.7. The predicted octanol–water partition coefficient (Wildman–Crippen LogP) is 1.38. The van der Waals surface area contributed by atoms with Crippen molar-refractivity contribution in [3.8, 4) is 0 Å². The second kappa shape index (κ2) is 5.95. The highest BCUT2D eigenvalue weighted by Crippen LogP contribution is 2.06. The maximum Gasteiger partial charge on any atom is 0.251 e. The first-order valence-corrected chi connectivity index (χ1v) is 5.40. The van der Waals surface area contributed by atoms with Crippen molar-refractivity contribution in [1.29, 1.82) is 0 Å². The van der Waals surface area contributed by atoms with Crippen molar-refractivity contribution in [3.63, 3.8) is 0 Å². The minimum absolute atomic E-state index is 0.268. The van der Waals surface area contributed by atoms with Gasteiger partial charge in [-0.25, -0.2) is 4.39 Å². The van der Waals surface area contributed by atoms with Crippen molar-refractivity contribution in [1.82, 2.24) is 5.32 Å². The third-order valence-corrected chi connectivity index (χ3v) is 2.31. The summed E-state index contributed by atoms with van der Waals surface area (Å²) >= 11 is 0. The molecule has 4 nitrogen and oxygen atoms in total. The van der Waals surface area contributed by atoms with Crippen LogP contribution in [-0.4, -0.2) is 17.9 Å². The second-order valence-electron chi connectivity index (χ2n) is 4.10. The summed E-state index contributed by atoms with van der Waals surface area (Å²) in [6.45, 7) is 5.40. The molecule has 0 bridgehead atoms. The van der Waals surface area contributed by atoms with Crippen molar-refractivity contribution in [2.75, 3.05) is 0 Å². The molecule has 0 fully saturated rings. The molecule has 0 aliphatic heterocycles. The van der Waals surface area contributed by atoms with E-state index in [-0.39, 0.29) is 12.0 Å². The Bertz CT molecular complexity index is 468. The van der Waals surface area contributed by atoms with E-state index >= 15 is 0 Å². The molecule has 0 spiro atoms. The molecule has 18 heavy (non-hydrogen) atoms. The second-order valence-corrected chi connectivity index (χ2v) is 4.10. The largest absolute Gasteiger partial charge is 0.368 e. The number of hydrogen-bond acceptors (Lipinski definition) is 2. The Morgan fingerprint density at radius 3 is 2.39 bits per heavy atom. The normalized spacial score (nSPS) is 11.7. The molecule has 0 aliphatic carbocycles. The molecule has 5 heteroatoms. The third kappa shape index (κ3) is 4.01. The molecule has 1 aromatic rings. The fourth-order valence-electron chi connectivity index (χ4n) is 1.41. The molecule has 96 valence electrons. The number of primary amides is 1. The number of amides is 2. The van der Waals surface area contributed by atoms with Crippen LogP contribution >= 0.6 is 0 Å². The Morgan fingerprint density at radius 1 is 1.39 bits per heavy atom. The van der Waals surface area contributed by atoms with Gasteiger partial charge in [0.2, 0.25) is 5.91 Å². The molecule has 1 aromatic carbocycles. The number of rotatable bonds is 5. The van der Waals surface area contributed by atoms with Gasteiger partial charge in [-0.3, -0.25) is 9.59 Å². The predicted molar refractivity (Wildman–Crippen MR) is 66.3 cm³/mol. The lowest BCUT2D eigenvalue weighted by molar-refractivity contribution is -0.119. The fraction of sp³-hybridized carbons (Fsp3) is 0.231. The molecular weight excluding hydrogens is 235 g/mol. The highest BCUT2D eigenvalue weighted by Gasteiger charge is 2.18. The Morgan fingerprint density at radius 2 is 1.94 bits per heavy atom. The number of halogens is 1. The Kier molecular flexibility index (Phi) is 4.59. The van der Waals surface area contributed by atoms with E-state index in [9.17, 15) is 14.0 Å². The number of carbonyl (C=O) groups excluding carboxylic acids is 2. The lowest BCUT2D eigenvalue weighted by Gasteiger charge is -2.15. The summed E-state index contributed by atoms with van der Waals surface area (Å²) in [6, 6.07) is 4.22. The minimum atomic E-state index is -0.806. The summed E-state index contributed by atoms with van der Waals surface area (Å²) in [7, 11) is 0. The third-order valence-electron chi connectivity index (χ3n) is 2.31. The molecule has 0 saturated heterocycles. The number of benzene rings is 1. The van der Waals surface area contributed by atoms with E-state index in [4.69, 9.17) is 5.73 Å². The van der Waals surface area contributed by atoms with Gasteiger partial charge in [-0.05, 0) is 37.6 Å². The van der Waals surface area contributed by atoms with E-state index < -0.39 is 23.7 Å². The van der Waals surface area contributed by atoms with Crippen LogP contribution in [0.2, 0.25) is 0 Å². The fourth-order valence-corrected chi connectivity index (χ4v) is 1.41. The van der Waals surface area contributed by atoms with Gasteiger partial charge in [-0.2, -0.15) is 0 Å². The van der Waals surface area contributed by atoms with Crippen molar-refractivity contribution in [3.05, 3.63) is 47.8 Å². The van der Waals surface area contributed by atoms with E-state index in [0.717, 1.165) is 5.57 Å². The maximum atomic E-state index is 12.7.